The van der Waals surface area contributed by atoms with Crippen LogP contribution in [0.25, 0.3) is 0 Å². The maximum Gasteiger partial charge on any atom is 0.237 e. The number of amides is 1. The third kappa shape index (κ3) is 2.76. The Bertz CT molecular complexity index is 344. The van der Waals surface area contributed by atoms with Gasteiger partial charge in [-0.05, 0) is 26.3 Å². The Kier molecular flexibility index (Phi) is 3.33. The van der Waals surface area contributed by atoms with Crippen LogP contribution >= 0.6 is 11.3 Å². The molecule has 1 aromatic heterocycles. The summed E-state index contributed by atoms with van der Waals surface area (Å²) in [6.07, 6.45) is 2.04. The molecule has 15 heavy (non-hydrogen) atoms. The van der Waals surface area contributed by atoms with Crippen LogP contribution < -0.4 is 10.6 Å². The van der Waals surface area contributed by atoms with Gasteiger partial charge in [0, 0.05) is 11.1 Å². The Morgan fingerprint density at radius 1 is 1.80 bits per heavy atom. The summed E-state index contributed by atoms with van der Waals surface area (Å²) in [5, 5.41) is 9.04. The Labute approximate surface area is 93.1 Å². The van der Waals surface area contributed by atoms with Crippen molar-refractivity contribution in [2.45, 2.75) is 32.4 Å². The lowest BCUT2D eigenvalue weighted by Crippen LogP contribution is -2.39. The number of aromatic nitrogens is 1. The van der Waals surface area contributed by atoms with E-state index in [0.29, 0.717) is 6.54 Å². The lowest BCUT2D eigenvalue weighted by molar-refractivity contribution is -0.122. The number of carbonyl (C=O) groups excluding carboxylic acids is 1. The van der Waals surface area contributed by atoms with E-state index in [9.17, 15) is 4.79 Å². The van der Waals surface area contributed by atoms with Gasteiger partial charge >= 0.3 is 0 Å². The standard InChI is InChI=1S/C10H15N3OS/c1-7-6-15-9(13-7)5-12-10(14)8-3-2-4-11-8/h6,8,11H,2-5H2,1H3,(H,12,14)/t8-/m1/s1. The number of hydrogen-bond acceptors (Lipinski definition) is 4. The van der Waals surface area contributed by atoms with Crippen molar-refractivity contribution < 1.29 is 4.79 Å². The lowest BCUT2D eigenvalue weighted by atomic mass is 10.2. The zero-order chi connectivity index (χ0) is 10.7. The van der Waals surface area contributed by atoms with Gasteiger partial charge in [0.05, 0.1) is 12.6 Å². The first-order valence-corrected chi connectivity index (χ1v) is 6.06. The Balaban J connectivity index is 1.80. The monoisotopic (exact) mass is 225 g/mol. The zero-order valence-electron chi connectivity index (χ0n) is 8.75. The molecular formula is C10H15N3OS. The number of hydrogen-bond donors (Lipinski definition) is 2. The lowest BCUT2D eigenvalue weighted by Gasteiger charge is -2.09. The van der Waals surface area contributed by atoms with Gasteiger partial charge < -0.3 is 10.6 Å². The molecule has 0 aliphatic carbocycles. The first-order valence-electron chi connectivity index (χ1n) is 5.18. The van der Waals surface area contributed by atoms with Crippen molar-refractivity contribution in [2.75, 3.05) is 6.54 Å². The molecule has 0 spiro atoms. The van der Waals surface area contributed by atoms with Gasteiger partial charge in [-0.25, -0.2) is 4.98 Å². The molecular weight excluding hydrogens is 210 g/mol. The normalized spacial score (nSPS) is 20.5. The minimum atomic E-state index is 0.00561. The molecule has 1 aliphatic rings. The van der Waals surface area contributed by atoms with Crippen molar-refractivity contribution in [1.82, 2.24) is 15.6 Å². The van der Waals surface area contributed by atoms with Crippen molar-refractivity contribution in [3.63, 3.8) is 0 Å². The van der Waals surface area contributed by atoms with E-state index in [2.05, 4.69) is 15.6 Å². The summed E-state index contributed by atoms with van der Waals surface area (Å²) in [5.74, 6) is 0.0975. The van der Waals surface area contributed by atoms with Crippen molar-refractivity contribution in [2.24, 2.45) is 0 Å². The summed E-state index contributed by atoms with van der Waals surface area (Å²) in [5.41, 5.74) is 1.02. The number of nitrogens with one attached hydrogen (secondary N) is 2. The third-order valence-electron chi connectivity index (χ3n) is 2.46. The second-order valence-electron chi connectivity index (χ2n) is 3.75. The van der Waals surface area contributed by atoms with Crippen molar-refractivity contribution in [3.05, 3.63) is 16.1 Å². The fourth-order valence-electron chi connectivity index (χ4n) is 1.68. The quantitative estimate of drug-likeness (QED) is 0.801. The molecule has 4 nitrogen and oxygen atoms in total. The molecule has 0 unspecified atom stereocenters. The molecule has 1 fully saturated rings. The molecule has 0 radical (unpaired) electrons. The first-order chi connectivity index (χ1) is 7.25. The molecule has 2 heterocycles. The molecule has 1 amide bonds. The highest BCUT2D eigenvalue weighted by atomic mass is 32.1. The molecule has 0 saturated carbocycles. The Morgan fingerprint density at radius 3 is 3.27 bits per heavy atom. The largest absolute Gasteiger partial charge is 0.348 e. The number of thiazole rings is 1. The van der Waals surface area contributed by atoms with Crippen LogP contribution in [0.1, 0.15) is 23.5 Å². The van der Waals surface area contributed by atoms with Crippen LogP contribution in [0.2, 0.25) is 0 Å². The molecule has 2 rings (SSSR count). The predicted octanol–water partition coefficient (Wildman–Crippen LogP) is 0.820. The fraction of sp³-hybridized carbons (Fsp3) is 0.600. The summed E-state index contributed by atoms with van der Waals surface area (Å²) < 4.78 is 0. The van der Waals surface area contributed by atoms with E-state index in [1.165, 1.54) is 0 Å². The molecule has 0 aromatic carbocycles. The van der Waals surface area contributed by atoms with Gasteiger partial charge in [0.15, 0.2) is 0 Å². The minimum Gasteiger partial charge on any atom is -0.348 e. The molecule has 82 valence electrons. The topological polar surface area (TPSA) is 54.0 Å². The number of rotatable bonds is 3. The number of aryl methyl sites for hydroxylation is 1. The summed E-state index contributed by atoms with van der Waals surface area (Å²) >= 11 is 1.59. The molecule has 1 saturated heterocycles. The second-order valence-corrected chi connectivity index (χ2v) is 4.69. The van der Waals surface area contributed by atoms with Crippen LogP contribution in [-0.4, -0.2) is 23.5 Å². The van der Waals surface area contributed by atoms with Crippen molar-refractivity contribution in [1.29, 1.82) is 0 Å². The highest BCUT2D eigenvalue weighted by Crippen LogP contribution is 2.09. The van der Waals surface area contributed by atoms with E-state index in [1.54, 1.807) is 11.3 Å². The Hall–Kier alpha value is -0.940. The zero-order valence-corrected chi connectivity index (χ0v) is 9.56. The first kappa shape index (κ1) is 10.6. The van der Waals surface area contributed by atoms with E-state index in [0.717, 1.165) is 30.1 Å². The molecule has 2 N–H and O–H groups in total. The summed E-state index contributed by atoms with van der Waals surface area (Å²) in [4.78, 5) is 15.9. The maximum absolute atomic E-state index is 11.6. The van der Waals surface area contributed by atoms with Crippen LogP contribution in [-0.2, 0) is 11.3 Å². The summed E-state index contributed by atoms with van der Waals surface area (Å²) in [6.45, 7) is 3.46. The molecule has 1 aliphatic heterocycles. The SMILES string of the molecule is Cc1csc(CNC(=O)[C@H]2CCCN2)n1. The molecule has 1 aromatic rings. The number of nitrogens with zero attached hydrogens (tertiary/aromatic N) is 1. The molecule has 5 heteroatoms. The van der Waals surface area contributed by atoms with Crippen LogP contribution in [0.5, 0.6) is 0 Å². The average Bonchev–Trinajstić information content (AvgIpc) is 2.84. The molecule has 1 atom stereocenters. The van der Waals surface area contributed by atoms with Crippen LogP contribution in [0.15, 0.2) is 5.38 Å². The van der Waals surface area contributed by atoms with Gasteiger partial charge in [0.1, 0.15) is 5.01 Å². The predicted molar refractivity (Wildman–Crippen MR) is 59.7 cm³/mol. The molecule has 0 bridgehead atoms. The summed E-state index contributed by atoms with van der Waals surface area (Å²) in [7, 11) is 0. The summed E-state index contributed by atoms with van der Waals surface area (Å²) in [6, 6.07) is 0.00561. The van der Waals surface area contributed by atoms with Gasteiger partial charge in [-0.15, -0.1) is 11.3 Å². The van der Waals surface area contributed by atoms with Crippen LogP contribution in [0.4, 0.5) is 0 Å². The minimum absolute atomic E-state index is 0.00561. The smallest absolute Gasteiger partial charge is 0.237 e. The van der Waals surface area contributed by atoms with E-state index < -0.39 is 0 Å². The second kappa shape index (κ2) is 4.72. The van der Waals surface area contributed by atoms with Gasteiger partial charge in [-0.1, -0.05) is 0 Å². The van der Waals surface area contributed by atoms with Gasteiger partial charge in [0.25, 0.3) is 0 Å². The maximum atomic E-state index is 11.6. The van der Waals surface area contributed by atoms with Gasteiger partial charge in [0.2, 0.25) is 5.91 Å². The van der Waals surface area contributed by atoms with E-state index in [-0.39, 0.29) is 11.9 Å². The van der Waals surface area contributed by atoms with Crippen LogP contribution in [0.3, 0.4) is 0 Å². The van der Waals surface area contributed by atoms with E-state index >= 15 is 0 Å². The van der Waals surface area contributed by atoms with Crippen molar-refractivity contribution in [3.8, 4) is 0 Å². The number of carbonyl (C=O) groups is 1. The Morgan fingerprint density at radius 2 is 2.67 bits per heavy atom. The van der Waals surface area contributed by atoms with Crippen LogP contribution in [0, 0.1) is 6.92 Å². The highest BCUT2D eigenvalue weighted by Gasteiger charge is 2.21. The van der Waals surface area contributed by atoms with Gasteiger partial charge in [-0.2, -0.15) is 0 Å². The van der Waals surface area contributed by atoms with E-state index in [1.807, 2.05) is 12.3 Å². The highest BCUT2D eigenvalue weighted by molar-refractivity contribution is 7.09. The van der Waals surface area contributed by atoms with Gasteiger partial charge in [-0.3, -0.25) is 4.79 Å². The third-order valence-corrected chi connectivity index (χ3v) is 3.42. The fourth-order valence-corrected chi connectivity index (χ4v) is 2.39. The van der Waals surface area contributed by atoms with Crippen molar-refractivity contribution >= 4 is 17.2 Å². The average molecular weight is 225 g/mol. The van der Waals surface area contributed by atoms with E-state index in [4.69, 9.17) is 0 Å².